The van der Waals surface area contributed by atoms with Crippen LogP contribution in [0, 0.1) is 10.8 Å². The zero-order valence-corrected chi connectivity index (χ0v) is 12.1. The van der Waals surface area contributed by atoms with Crippen molar-refractivity contribution in [3.05, 3.63) is 23.0 Å². The van der Waals surface area contributed by atoms with Gasteiger partial charge in [-0.05, 0) is 42.0 Å². The van der Waals surface area contributed by atoms with Gasteiger partial charge in [-0.15, -0.1) is 0 Å². The third kappa shape index (κ3) is 5.29. The topological polar surface area (TPSA) is 71.8 Å². The molecule has 0 aromatic rings. The first kappa shape index (κ1) is 15.2. The van der Waals surface area contributed by atoms with Crippen LogP contribution in [0.1, 0.15) is 20.3 Å². The molecule has 5 heteroatoms. The average Bonchev–Trinajstić information content (AvgIpc) is 2.28. The van der Waals surface area contributed by atoms with Gasteiger partial charge < -0.3 is 16.0 Å². The van der Waals surface area contributed by atoms with Gasteiger partial charge in [-0.1, -0.05) is 0 Å². The predicted octanol–water partition coefficient (Wildman–Crippen LogP) is 2.43. The van der Waals surface area contributed by atoms with E-state index in [0.29, 0.717) is 10.1 Å². The van der Waals surface area contributed by atoms with Crippen molar-refractivity contribution in [1.29, 1.82) is 10.8 Å². The number of halogens is 1. The van der Waals surface area contributed by atoms with E-state index in [1.165, 1.54) is 6.21 Å². The van der Waals surface area contributed by atoms with Crippen LogP contribution in [-0.4, -0.2) is 23.5 Å². The summed E-state index contributed by atoms with van der Waals surface area (Å²) in [6.07, 6.45) is 3.76. The van der Waals surface area contributed by atoms with E-state index in [9.17, 15) is 0 Å². The van der Waals surface area contributed by atoms with E-state index in [2.05, 4.69) is 10.6 Å². The van der Waals surface area contributed by atoms with Crippen molar-refractivity contribution in [2.24, 2.45) is 0 Å². The Bertz CT molecular complexity index is 318. The Balaban J connectivity index is 4.88. The summed E-state index contributed by atoms with van der Waals surface area (Å²) in [6, 6.07) is 0. The van der Waals surface area contributed by atoms with E-state index in [0.717, 1.165) is 23.4 Å². The van der Waals surface area contributed by atoms with Crippen molar-refractivity contribution in [3.8, 4) is 0 Å². The molecule has 4 nitrogen and oxygen atoms in total. The van der Waals surface area contributed by atoms with Gasteiger partial charge in [0.05, 0.1) is 3.72 Å². The van der Waals surface area contributed by atoms with Gasteiger partial charge in [0.15, 0.2) is 0 Å². The number of hydrogen-bond donors (Lipinski definition) is 4. The lowest BCUT2D eigenvalue weighted by Crippen LogP contribution is -2.11. The first-order valence-electron chi connectivity index (χ1n) is 5.11. The number of allylic oxidation sites excluding steroid dienone is 3. The molecule has 4 N–H and O–H groups in total. The molecule has 0 saturated heterocycles. The highest BCUT2D eigenvalue weighted by molar-refractivity contribution is 14.1. The van der Waals surface area contributed by atoms with Gasteiger partial charge in [-0.2, -0.15) is 0 Å². The summed E-state index contributed by atoms with van der Waals surface area (Å²) in [4.78, 5) is 0. The fraction of sp³-hybridized carbons (Fsp3) is 0.455. The molecule has 0 spiro atoms. The molecule has 0 amide bonds. The molecule has 0 aromatic heterocycles. The summed E-state index contributed by atoms with van der Waals surface area (Å²) in [5.74, 6) is 0. The maximum atomic E-state index is 7.70. The van der Waals surface area contributed by atoms with Crippen LogP contribution in [0.2, 0.25) is 0 Å². The van der Waals surface area contributed by atoms with Crippen LogP contribution in [0.5, 0.6) is 0 Å². The number of hydrogen-bond acceptors (Lipinski definition) is 4. The summed E-state index contributed by atoms with van der Waals surface area (Å²) in [7, 11) is 1.84. The second kappa shape index (κ2) is 8.32. The van der Waals surface area contributed by atoms with Crippen LogP contribution < -0.4 is 10.6 Å². The van der Waals surface area contributed by atoms with Crippen molar-refractivity contribution in [2.75, 3.05) is 13.6 Å². The van der Waals surface area contributed by atoms with Gasteiger partial charge >= 0.3 is 0 Å². The Morgan fingerprint density at radius 2 is 2.06 bits per heavy atom. The summed E-state index contributed by atoms with van der Waals surface area (Å²) in [5, 5.41) is 21.1. The lowest BCUT2D eigenvalue weighted by atomic mass is 10.1. The standard InChI is InChI=1S/C11H19IN4/c1-4-16-7-9(6-13)5-10(11(12)14)8(2)15-3/h6-7,13-16H,4-5H2,1-3H3/b9-7-,10-8-,13-6?,14-11?. The van der Waals surface area contributed by atoms with Gasteiger partial charge in [0.25, 0.3) is 0 Å². The molecule has 0 aliphatic carbocycles. The maximum absolute atomic E-state index is 7.70. The quantitative estimate of drug-likeness (QED) is 0.427. The van der Waals surface area contributed by atoms with E-state index in [1.807, 2.05) is 49.7 Å². The van der Waals surface area contributed by atoms with Crippen LogP contribution in [-0.2, 0) is 0 Å². The van der Waals surface area contributed by atoms with Crippen molar-refractivity contribution in [2.45, 2.75) is 20.3 Å². The Kier molecular flexibility index (Phi) is 7.88. The lowest BCUT2D eigenvalue weighted by Gasteiger charge is -2.10. The summed E-state index contributed by atoms with van der Waals surface area (Å²) in [6.45, 7) is 4.79. The molecular formula is C11H19IN4. The lowest BCUT2D eigenvalue weighted by molar-refractivity contribution is 0.904. The first-order valence-corrected chi connectivity index (χ1v) is 6.19. The second-order valence-electron chi connectivity index (χ2n) is 3.27. The predicted molar refractivity (Wildman–Crippen MR) is 78.7 cm³/mol. The van der Waals surface area contributed by atoms with Gasteiger partial charge in [-0.3, -0.25) is 5.41 Å². The van der Waals surface area contributed by atoms with Crippen LogP contribution in [0.15, 0.2) is 23.0 Å². The Labute approximate surface area is 111 Å². The van der Waals surface area contributed by atoms with Crippen LogP contribution >= 0.6 is 22.6 Å². The molecule has 90 valence electrons. The summed E-state index contributed by atoms with van der Waals surface area (Å²) < 4.78 is 0.508. The highest BCUT2D eigenvalue weighted by Gasteiger charge is 2.07. The number of rotatable bonds is 7. The normalized spacial score (nSPS) is 12.9. The van der Waals surface area contributed by atoms with Gasteiger partial charge in [0.2, 0.25) is 0 Å². The molecule has 16 heavy (non-hydrogen) atoms. The largest absolute Gasteiger partial charge is 0.391 e. The van der Waals surface area contributed by atoms with Gasteiger partial charge in [-0.25, -0.2) is 0 Å². The highest BCUT2D eigenvalue weighted by Crippen LogP contribution is 2.16. The van der Waals surface area contributed by atoms with Gasteiger partial charge in [0.1, 0.15) is 0 Å². The summed E-state index contributed by atoms with van der Waals surface area (Å²) >= 11 is 1.99. The monoisotopic (exact) mass is 334 g/mol. The minimum atomic E-state index is 0.508. The number of nitrogens with one attached hydrogen (secondary N) is 4. The molecule has 0 rings (SSSR count). The van der Waals surface area contributed by atoms with Gasteiger partial charge in [0, 0.05) is 43.7 Å². The first-order chi connectivity index (χ1) is 7.56. The Hall–Kier alpha value is -0.850. The molecular weight excluding hydrogens is 315 g/mol. The molecule has 0 saturated carbocycles. The van der Waals surface area contributed by atoms with E-state index in [4.69, 9.17) is 10.8 Å². The van der Waals surface area contributed by atoms with E-state index < -0.39 is 0 Å². The summed E-state index contributed by atoms with van der Waals surface area (Å²) in [5.41, 5.74) is 2.77. The molecule has 0 unspecified atom stereocenters. The van der Waals surface area contributed by atoms with Crippen molar-refractivity contribution >= 4 is 32.5 Å². The Morgan fingerprint density at radius 3 is 2.44 bits per heavy atom. The third-order valence-corrected chi connectivity index (χ3v) is 2.80. The van der Waals surface area contributed by atoms with Crippen LogP contribution in [0.4, 0.5) is 0 Å². The second-order valence-corrected chi connectivity index (χ2v) is 4.34. The smallest absolute Gasteiger partial charge is 0.0972 e. The van der Waals surface area contributed by atoms with E-state index >= 15 is 0 Å². The molecule has 0 aliphatic heterocycles. The average molecular weight is 334 g/mol. The third-order valence-electron chi connectivity index (χ3n) is 2.15. The molecule has 0 atom stereocenters. The van der Waals surface area contributed by atoms with Crippen molar-refractivity contribution < 1.29 is 0 Å². The Morgan fingerprint density at radius 1 is 1.44 bits per heavy atom. The van der Waals surface area contributed by atoms with Crippen molar-refractivity contribution in [1.82, 2.24) is 10.6 Å². The fourth-order valence-electron chi connectivity index (χ4n) is 1.11. The molecule has 0 aliphatic rings. The van der Waals surface area contributed by atoms with Crippen molar-refractivity contribution in [3.63, 3.8) is 0 Å². The van der Waals surface area contributed by atoms with E-state index in [1.54, 1.807) is 0 Å². The SMILES string of the molecule is CCN/C=C(\C=N)C/C(C(=N)I)=C(\C)NC. The fourth-order valence-corrected chi connectivity index (χ4v) is 1.70. The molecule has 0 heterocycles. The van der Waals surface area contributed by atoms with Crippen LogP contribution in [0.25, 0.3) is 0 Å². The zero-order chi connectivity index (χ0) is 12.6. The molecule has 0 radical (unpaired) electrons. The highest BCUT2D eigenvalue weighted by atomic mass is 127. The zero-order valence-electron chi connectivity index (χ0n) is 9.95. The molecule has 0 bridgehead atoms. The van der Waals surface area contributed by atoms with E-state index in [-0.39, 0.29) is 0 Å². The van der Waals surface area contributed by atoms with Crippen LogP contribution in [0.3, 0.4) is 0 Å². The maximum Gasteiger partial charge on any atom is 0.0972 e. The minimum Gasteiger partial charge on any atom is -0.391 e. The minimum absolute atomic E-state index is 0.508. The molecule has 0 aromatic carbocycles. The molecule has 0 fully saturated rings.